The second-order valence-corrected chi connectivity index (χ2v) is 7.05. The number of carboxylic acid groups (broad SMARTS) is 1. The summed E-state index contributed by atoms with van der Waals surface area (Å²) < 4.78 is 0. The number of halogens is 2. The molecule has 2 aliphatic rings. The maximum absolute atomic E-state index is 11.5. The Morgan fingerprint density at radius 3 is 2.79 bits per heavy atom. The highest BCUT2D eigenvalue weighted by Gasteiger charge is 2.40. The lowest BCUT2D eigenvalue weighted by Gasteiger charge is -2.39. The molecule has 0 fully saturated rings. The van der Waals surface area contributed by atoms with Gasteiger partial charge in [0, 0.05) is 16.5 Å². The van der Waals surface area contributed by atoms with Gasteiger partial charge in [-0.3, -0.25) is 0 Å². The number of benzene rings is 2. The van der Waals surface area contributed by atoms with Gasteiger partial charge in [0.1, 0.15) is 0 Å². The number of fused-ring (bicyclic) bond motifs is 3. The van der Waals surface area contributed by atoms with Crippen LogP contribution in [0.4, 0.5) is 5.69 Å². The summed E-state index contributed by atoms with van der Waals surface area (Å²) in [6.07, 6.45) is 5.04. The molecule has 0 saturated carbocycles. The van der Waals surface area contributed by atoms with Crippen LogP contribution in [-0.4, -0.2) is 5.97 Å². The summed E-state index contributed by atoms with van der Waals surface area (Å²) in [6.45, 7) is 0. The predicted octanol–water partition coefficient (Wildman–Crippen LogP) is 4.18. The van der Waals surface area contributed by atoms with E-state index in [1.54, 1.807) is 6.07 Å². The van der Waals surface area contributed by atoms with Gasteiger partial charge in [0.25, 0.3) is 0 Å². The number of carboxylic acids is 1. The maximum atomic E-state index is 11.5. The highest BCUT2D eigenvalue weighted by Crippen LogP contribution is 2.52. The first-order valence-electron chi connectivity index (χ1n) is 7.78. The van der Waals surface area contributed by atoms with Crippen LogP contribution in [0.15, 0.2) is 48.6 Å². The zero-order valence-electron chi connectivity index (χ0n) is 12.6. The number of rotatable bonds is 2. The lowest BCUT2D eigenvalue weighted by Crippen LogP contribution is -2.33. The molecule has 1 aliphatic carbocycles. The minimum Gasteiger partial charge on any atom is -0.545 e. The summed E-state index contributed by atoms with van der Waals surface area (Å²) >= 11 is 12.5. The fourth-order valence-electron chi connectivity index (χ4n) is 3.88. The van der Waals surface area contributed by atoms with E-state index in [1.165, 1.54) is 6.07 Å². The minimum absolute atomic E-state index is 0.00293. The Morgan fingerprint density at radius 2 is 2.04 bits per heavy atom. The van der Waals surface area contributed by atoms with Crippen LogP contribution in [0.5, 0.6) is 0 Å². The number of allylic oxidation sites excluding steroid dienone is 2. The number of hydrogen-bond donors (Lipinski definition) is 1. The van der Waals surface area contributed by atoms with Crippen LogP contribution in [0.1, 0.15) is 39.9 Å². The maximum Gasteiger partial charge on any atom is 0.0719 e. The van der Waals surface area contributed by atoms with Gasteiger partial charge in [0.15, 0.2) is 0 Å². The standard InChI is InChI=1S/C19H15Cl2NO2/c20-11-4-1-3-10(9-11)17-13-6-2-5-12(13)16-14(19(23)24)7-8-15(21)18(16)22-17/h1-5,7-9,12-13,17,22H,6H2,(H,23,24)/p-1/t12-,13-,17-/m0/s1. The third-order valence-electron chi connectivity index (χ3n) is 4.90. The van der Waals surface area contributed by atoms with E-state index in [-0.39, 0.29) is 23.4 Å². The van der Waals surface area contributed by atoms with Crippen LogP contribution in [0.3, 0.4) is 0 Å². The summed E-state index contributed by atoms with van der Waals surface area (Å²) in [6, 6.07) is 10.9. The quantitative estimate of drug-likeness (QED) is 0.819. The second-order valence-electron chi connectivity index (χ2n) is 6.20. The van der Waals surface area contributed by atoms with Crippen LogP contribution in [0.2, 0.25) is 10.0 Å². The van der Waals surface area contributed by atoms with Gasteiger partial charge in [-0.05, 0) is 41.7 Å². The molecule has 0 radical (unpaired) electrons. The molecule has 2 aromatic rings. The summed E-state index contributed by atoms with van der Waals surface area (Å²) in [5, 5.41) is 16.2. The number of anilines is 1. The van der Waals surface area contributed by atoms with Gasteiger partial charge in [0.05, 0.1) is 22.7 Å². The monoisotopic (exact) mass is 358 g/mol. The number of carbonyl (C=O) groups excluding carboxylic acids is 1. The molecule has 0 amide bonds. The van der Waals surface area contributed by atoms with Crippen molar-refractivity contribution < 1.29 is 9.90 Å². The van der Waals surface area contributed by atoms with Crippen LogP contribution in [0, 0.1) is 5.92 Å². The van der Waals surface area contributed by atoms with Crippen LogP contribution in [-0.2, 0) is 0 Å². The highest BCUT2D eigenvalue weighted by molar-refractivity contribution is 6.33. The minimum atomic E-state index is -1.18. The molecule has 4 rings (SSSR count). The predicted molar refractivity (Wildman–Crippen MR) is 93.6 cm³/mol. The number of aromatic carboxylic acids is 1. The Bertz CT molecular complexity index is 862. The van der Waals surface area contributed by atoms with E-state index in [4.69, 9.17) is 23.2 Å². The van der Waals surface area contributed by atoms with Gasteiger partial charge in [-0.25, -0.2) is 0 Å². The van der Waals surface area contributed by atoms with Crippen molar-refractivity contribution in [2.45, 2.75) is 18.4 Å². The Kier molecular flexibility index (Phi) is 3.78. The van der Waals surface area contributed by atoms with Crippen molar-refractivity contribution in [2.24, 2.45) is 5.92 Å². The number of carbonyl (C=O) groups is 1. The van der Waals surface area contributed by atoms with Gasteiger partial charge >= 0.3 is 0 Å². The molecule has 0 aromatic heterocycles. The summed E-state index contributed by atoms with van der Waals surface area (Å²) in [7, 11) is 0. The molecule has 3 nitrogen and oxygen atoms in total. The summed E-state index contributed by atoms with van der Waals surface area (Å²) in [4.78, 5) is 11.5. The molecule has 0 saturated heterocycles. The van der Waals surface area contributed by atoms with E-state index in [2.05, 4.69) is 17.5 Å². The smallest absolute Gasteiger partial charge is 0.0719 e. The lowest BCUT2D eigenvalue weighted by atomic mass is 9.75. The molecular weight excluding hydrogens is 345 g/mol. The van der Waals surface area contributed by atoms with Gasteiger partial charge in [0.2, 0.25) is 0 Å². The van der Waals surface area contributed by atoms with Crippen molar-refractivity contribution in [1.29, 1.82) is 0 Å². The van der Waals surface area contributed by atoms with E-state index in [9.17, 15) is 9.90 Å². The normalized spacial score (nSPS) is 24.2. The first-order chi connectivity index (χ1) is 11.6. The molecule has 0 spiro atoms. The molecule has 122 valence electrons. The van der Waals surface area contributed by atoms with Crippen molar-refractivity contribution in [3.63, 3.8) is 0 Å². The fraction of sp³-hybridized carbons (Fsp3) is 0.211. The average Bonchev–Trinajstić information content (AvgIpc) is 3.04. The second kappa shape index (κ2) is 5.83. The van der Waals surface area contributed by atoms with Gasteiger partial charge in [-0.15, -0.1) is 0 Å². The van der Waals surface area contributed by atoms with E-state index in [0.717, 1.165) is 17.5 Å². The van der Waals surface area contributed by atoms with E-state index >= 15 is 0 Å². The fourth-order valence-corrected chi connectivity index (χ4v) is 4.30. The Balaban J connectivity index is 1.88. The van der Waals surface area contributed by atoms with Crippen molar-refractivity contribution >= 4 is 34.9 Å². The number of hydrogen-bond acceptors (Lipinski definition) is 3. The van der Waals surface area contributed by atoms with Gasteiger partial charge in [-0.2, -0.15) is 0 Å². The van der Waals surface area contributed by atoms with E-state index < -0.39 is 5.97 Å². The Hall–Kier alpha value is -1.97. The topological polar surface area (TPSA) is 52.2 Å². The molecule has 1 heterocycles. The molecule has 1 N–H and O–H groups in total. The molecule has 5 heteroatoms. The van der Waals surface area contributed by atoms with Crippen molar-refractivity contribution in [1.82, 2.24) is 0 Å². The SMILES string of the molecule is O=C([O-])c1ccc(Cl)c2c1[C@H]1C=CC[C@@H]1[C@H](c1cccc(Cl)c1)N2. The summed E-state index contributed by atoms with van der Waals surface area (Å²) in [5.74, 6) is -0.964. The van der Waals surface area contributed by atoms with Gasteiger partial charge < -0.3 is 15.2 Å². The van der Waals surface area contributed by atoms with Crippen molar-refractivity contribution in [3.8, 4) is 0 Å². The molecule has 3 atom stereocenters. The zero-order valence-corrected chi connectivity index (χ0v) is 14.1. The van der Waals surface area contributed by atoms with Crippen molar-refractivity contribution in [3.05, 3.63) is 75.3 Å². The molecule has 0 unspecified atom stereocenters. The summed E-state index contributed by atoms with van der Waals surface area (Å²) in [5.41, 5.74) is 2.67. The first-order valence-corrected chi connectivity index (χ1v) is 8.54. The average molecular weight is 359 g/mol. The largest absolute Gasteiger partial charge is 0.545 e. The Labute approximate surface area is 149 Å². The van der Waals surface area contributed by atoms with E-state index in [1.807, 2.05) is 24.3 Å². The molecule has 0 bridgehead atoms. The van der Waals surface area contributed by atoms with Crippen molar-refractivity contribution in [2.75, 3.05) is 5.32 Å². The molecule has 2 aromatic carbocycles. The molecular formula is C19H14Cl2NO2-. The first kappa shape index (κ1) is 15.6. The highest BCUT2D eigenvalue weighted by atomic mass is 35.5. The third-order valence-corrected chi connectivity index (χ3v) is 5.45. The Morgan fingerprint density at radius 1 is 1.21 bits per heavy atom. The van der Waals surface area contributed by atoms with Crippen LogP contribution >= 0.6 is 23.2 Å². The third kappa shape index (κ3) is 2.40. The number of nitrogens with one attached hydrogen (secondary N) is 1. The molecule has 1 aliphatic heterocycles. The van der Waals surface area contributed by atoms with Crippen LogP contribution < -0.4 is 10.4 Å². The lowest BCUT2D eigenvalue weighted by molar-refractivity contribution is -0.255. The van der Waals surface area contributed by atoms with Crippen LogP contribution in [0.25, 0.3) is 0 Å². The van der Waals surface area contributed by atoms with E-state index in [0.29, 0.717) is 15.7 Å². The van der Waals surface area contributed by atoms with Gasteiger partial charge in [-0.1, -0.05) is 53.6 Å². The molecule has 24 heavy (non-hydrogen) atoms. The zero-order chi connectivity index (χ0) is 16.8.